The number of hydrogen-bond donors (Lipinski definition) is 0. The SMILES string of the molecule is C.C.C.CC.CC.CC.Cc1nc(C(C)C)nc2c1CCCC2C(C)C.Cc1nc(C(C)C)nc2c1CCOC2C(C)C.Cc1nc(C(C)C)nc2c1COC2C(C)C. The van der Waals surface area contributed by atoms with Gasteiger partial charge in [-0.1, -0.05) is 147 Å². The number of aromatic nitrogens is 6. The molecule has 0 spiro atoms. The molecule has 3 aromatic rings. The van der Waals surface area contributed by atoms with Gasteiger partial charge in [0.2, 0.25) is 0 Å². The molecule has 59 heavy (non-hydrogen) atoms. The molecule has 2 aliphatic heterocycles. The molecule has 1 aliphatic carbocycles. The summed E-state index contributed by atoms with van der Waals surface area (Å²) in [6.45, 7) is 46.0. The highest BCUT2D eigenvalue weighted by atomic mass is 16.5. The van der Waals surface area contributed by atoms with Crippen molar-refractivity contribution in [2.45, 2.75) is 236 Å². The van der Waals surface area contributed by atoms with Crippen LogP contribution in [-0.2, 0) is 28.9 Å². The standard InChI is InChI=1S/C15H24N2.C14H22N2O.C13H20N2O.3C2H6.3CH4/c1-9(2)12-7-6-8-13-11(5)16-15(10(3)4)17-14(12)13;1-8(2)13-12-11(6-7-17-13)10(5)15-14(16-12)9(3)4;1-7(2)12-11-10(6-16-12)9(5)14-13(15-11)8(3)4;3*1-2;;;/h9-10,12H,6-8H2,1-5H3;8-9,13H,6-7H2,1-5H3;7-8,12H,6H2,1-5H3;3*1-2H3;3*1H4. The molecule has 3 atom stereocenters. The largest absolute Gasteiger partial charge is 0.371 e. The molecule has 0 amide bonds. The second kappa shape index (κ2) is 29.4. The molecular formula is C51H96N6O2. The molecule has 0 N–H and O–H groups in total. The number of nitrogens with zero attached hydrogens (tertiary/aromatic N) is 6. The van der Waals surface area contributed by atoms with Crippen LogP contribution in [-0.4, -0.2) is 36.5 Å². The molecular weight excluding hydrogens is 729 g/mol. The lowest BCUT2D eigenvalue weighted by Gasteiger charge is -2.29. The lowest BCUT2D eigenvalue weighted by atomic mass is 9.79. The average Bonchev–Trinajstić information content (AvgIpc) is 3.62. The number of ether oxygens (including phenoxy) is 2. The van der Waals surface area contributed by atoms with Gasteiger partial charge in [0, 0.05) is 46.3 Å². The fraction of sp³-hybridized carbons (Fsp3) is 0.765. The first kappa shape index (κ1) is 60.5. The van der Waals surface area contributed by atoms with Gasteiger partial charge in [-0.15, -0.1) is 0 Å². The first-order chi connectivity index (χ1) is 26.5. The van der Waals surface area contributed by atoms with E-state index in [0.717, 1.165) is 53.3 Å². The molecule has 8 heteroatoms. The predicted octanol–water partition coefficient (Wildman–Crippen LogP) is 15.3. The third-order valence-electron chi connectivity index (χ3n) is 10.2. The van der Waals surface area contributed by atoms with Gasteiger partial charge >= 0.3 is 0 Å². The van der Waals surface area contributed by atoms with E-state index in [-0.39, 0.29) is 34.5 Å². The minimum atomic E-state index is 0. The van der Waals surface area contributed by atoms with Crippen molar-refractivity contribution in [3.63, 3.8) is 0 Å². The Morgan fingerprint density at radius 1 is 0.441 bits per heavy atom. The van der Waals surface area contributed by atoms with E-state index >= 15 is 0 Å². The summed E-state index contributed by atoms with van der Waals surface area (Å²) in [6, 6.07) is 0. The van der Waals surface area contributed by atoms with E-state index < -0.39 is 0 Å². The molecule has 0 saturated carbocycles. The van der Waals surface area contributed by atoms with Crippen LogP contribution < -0.4 is 0 Å². The normalized spacial score (nSPS) is 17.0. The Bertz CT molecular complexity index is 1520. The lowest BCUT2D eigenvalue weighted by molar-refractivity contribution is 0.00736. The number of fused-ring (bicyclic) bond motifs is 3. The molecule has 0 aromatic carbocycles. The molecule has 3 aliphatic rings. The fourth-order valence-electron chi connectivity index (χ4n) is 7.19. The van der Waals surface area contributed by atoms with Crippen molar-refractivity contribution in [3.05, 3.63) is 68.3 Å². The van der Waals surface area contributed by atoms with Gasteiger partial charge in [0.1, 0.15) is 29.7 Å². The minimum absolute atomic E-state index is 0. The van der Waals surface area contributed by atoms with Crippen LogP contribution in [0.2, 0.25) is 0 Å². The number of hydrogen-bond acceptors (Lipinski definition) is 8. The maximum absolute atomic E-state index is 5.87. The van der Waals surface area contributed by atoms with Crippen molar-refractivity contribution >= 4 is 0 Å². The van der Waals surface area contributed by atoms with E-state index in [1.165, 1.54) is 47.3 Å². The van der Waals surface area contributed by atoms with E-state index in [9.17, 15) is 0 Å². The van der Waals surface area contributed by atoms with Crippen LogP contribution in [0.5, 0.6) is 0 Å². The van der Waals surface area contributed by atoms with E-state index in [2.05, 4.69) is 124 Å². The fourth-order valence-corrected chi connectivity index (χ4v) is 7.19. The van der Waals surface area contributed by atoms with E-state index in [1.54, 1.807) is 0 Å². The first-order valence-electron chi connectivity index (χ1n) is 22.4. The summed E-state index contributed by atoms with van der Waals surface area (Å²) in [5.41, 5.74) is 11.0. The highest BCUT2D eigenvalue weighted by molar-refractivity contribution is 5.32. The van der Waals surface area contributed by atoms with Crippen molar-refractivity contribution in [1.29, 1.82) is 0 Å². The molecule has 8 nitrogen and oxygen atoms in total. The molecule has 3 unspecified atom stereocenters. The van der Waals surface area contributed by atoms with Crippen LogP contribution >= 0.6 is 0 Å². The third kappa shape index (κ3) is 16.2. The Kier molecular flexibility index (Phi) is 30.2. The molecule has 342 valence electrons. The summed E-state index contributed by atoms with van der Waals surface area (Å²) in [5.74, 6) is 6.32. The smallest absolute Gasteiger partial charge is 0.131 e. The van der Waals surface area contributed by atoms with Crippen LogP contribution in [0.1, 0.15) is 264 Å². The second-order valence-electron chi connectivity index (χ2n) is 16.6. The van der Waals surface area contributed by atoms with E-state index in [0.29, 0.717) is 48.0 Å². The molecule has 0 saturated heterocycles. The highest BCUT2D eigenvalue weighted by Crippen LogP contribution is 2.38. The highest BCUT2D eigenvalue weighted by Gasteiger charge is 2.31. The van der Waals surface area contributed by atoms with Crippen LogP contribution in [0, 0.1) is 38.5 Å². The van der Waals surface area contributed by atoms with Gasteiger partial charge < -0.3 is 9.47 Å². The minimum Gasteiger partial charge on any atom is -0.371 e. The van der Waals surface area contributed by atoms with Crippen LogP contribution in [0.15, 0.2) is 0 Å². The maximum Gasteiger partial charge on any atom is 0.131 e. The maximum atomic E-state index is 5.87. The zero-order valence-corrected chi connectivity index (χ0v) is 39.9. The van der Waals surface area contributed by atoms with Crippen LogP contribution in [0.3, 0.4) is 0 Å². The van der Waals surface area contributed by atoms with Crippen molar-refractivity contribution in [3.8, 4) is 0 Å². The van der Waals surface area contributed by atoms with Gasteiger partial charge in [0.05, 0.1) is 30.3 Å². The van der Waals surface area contributed by atoms with Gasteiger partial charge in [-0.25, -0.2) is 29.9 Å². The topological polar surface area (TPSA) is 95.8 Å². The van der Waals surface area contributed by atoms with E-state index in [4.69, 9.17) is 19.4 Å². The molecule has 3 aromatic heterocycles. The Balaban J connectivity index is -0.000000731. The van der Waals surface area contributed by atoms with Crippen molar-refractivity contribution in [1.82, 2.24) is 29.9 Å². The van der Waals surface area contributed by atoms with Crippen molar-refractivity contribution in [2.24, 2.45) is 17.8 Å². The zero-order valence-electron chi connectivity index (χ0n) is 39.9. The Morgan fingerprint density at radius 2 is 0.797 bits per heavy atom. The lowest BCUT2D eigenvalue weighted by Crippen LogP contribution is -2.24. The van der Waals surface area contributed by atoms with Gasteiger partial charge in [-0.3, -0.25) is 0 Å². The Morgan fingerprint density at radius 3 is 1.19 bits per heavy atom. The average molecular weight is 825 g/mol. The van der Waals surface area contributed by atoms with Crippen LogP contribution in [0.25, 0.3) is 0 Å². The predicted molar refractivity (Wildman–Crippen MR) is 257 cm³/mol. The third-order valence-corrected chi connectivity index (χ3v) is 10.2. The monoisotopic (exact) mass is 825 g/mol. The summed E-state index contributed by atoms with van der Waals surface area (Å²) in [4.78, 5) is 28.1. The Labute approximate surface area is 366 Å². The summed E-state index contributed by atoms with van der Waals surface area (Å²) in [7, 11) is 0. The summed E-state index contributed by atoms with van der Waals surface area (Å²) in [5, 5.41) is 0. The van der Waals surface area contributed by atoms with Crippen LogP contribution in [0.4, 0.5) is 0 Å². The van der Waals surface area contributed by atoms with Gasteiger partial charge in [0.25, 0.3) is 0 Å². The van der Waals surface area contributed by atoms with E-state index in [1.807, 2.05) is 41.5 Å². The molecule has 0 bridgehead atoms. The van der Waals surface area contributed by atoms with Gasteiger partial charge in [0.15, 0.2) is 0 Å². The number of aryl methyl sites for hydroxylation is 3. The molecule has 6 rings (SSSR count). The second-order valence-corrected chi connectivity index (χ2v) is 16.6. The summed E-state index contributed by atoms with van der Waals surface area (Å²) in [6.07, 6.45) is 4.98. The number of rotatable bonds is 6. The van der Waals surface area contributed by atoms with Gasteiger partial charge in [-0.2, -0.15) is 0 Å². The molecule has 0 fully saturated rings. The zero-order chi connectivity index (χ0) is 43.0. The Hall–Kier alpha value is -2.84. The quantitative estimate of drug-likeness (QED) is 0.242. The van der Waals surface area contributed by atoms with Crippen molar-refractivity contribution < 1.29 is 9.47 Å². The van der Waals surface area contributed by atoms with Gasteiger partial charge in [-0.05, 0) is 75.3 Å². The molecule has 0 radical (unpaired) electrons. The molecule has 5 heterocycles. The summed E-state index contributed by atoms with van der Waals surface area (Å²) >= 11 is 0. The first-order valence-corrected chi connectivity index (χ1v) is 22.4. The summed E-state index contributed by atoms with van der Waals surface area (Å²) < 4.78 is 11.7. The van der Waals surface area contributed by atoms with Crippen molar-refractivity contribution in [2.75, 3.05) is 6.61 Å².